The van der Waals surface area contributed by atoms with E-state index in [2.05, 4.69) is 4.74 Å². The van der Waals surface area contributed by atoms with Crippen molar-refractivity contribution in [1.29, 1.82) is 0 Å². The normalized spacial score (nSPS) is 10.3. The Bertz CT molecular complexity index is 652. The third-order valence-corrected chi connectivity index (χ3v) is 2.95. The van der Waals surface area contributed by atoms with Crippen molar-refractivity contribution in [2.75, 3.05) is 7.11 Å². The Morgan fingerprint density at radius 3 is 2.50 bits per heavy atom. The number of hydrogen-bond donors (Lipinski definition) is 2. The van der Waals surface area contributed by atoms with Gasteiger partial charge in [-0.3, -0.25) is 0 Å². The van der Waals surface area contributed by atoms with Gasteiger partial charge in [0.2, 0.25) is 0 Å². The molecule has 5 heteroatoms. The zero-order valence-electron chi connectivity index (χ0n) is 10.8. The standard InChI is InChI=1S/C15H13FO4/c1-20-15(19)9-2-4-13(14(18)7-9)12-5-3-11(16)6-10(12)8-17/h2-7,17-18H,8H2,1H3. The molecule has 2 aromatic rings. The van der Waals surface area contributed by atoms with E-state index in [9.17, 15) is 19.4 Å². The summed E-state index contributed by atoms with van der Waals surface area (Å²) < 4.78 is 17.7. The monoisotopic (exact) mass is 276 g/mol. The van der Waals surface area contributed by atoms with E-state index in [1.54, 1.807) is 0 Å². The van der Waals surface area contributed by atoms with Gasteiger partial charge in [-0.25, -0.2) is 9.18 Å². The molecule has 0 atom stereocenters. The van der Waals surface area contributed by atoms with Crippen molar-refractivity contribution in [2.45, 2.75) is 6.61 Å². The van der Waals surface area contributed by atoms with Crippen molar-refractivity contribution in [3.05, 3.63) is 53.3 Å². The van der Waals surface area contributed by atoms with Crippen LogP contribution in [0, 0.1) is 5.82 Å². The summed E-state index contributed by atoms with van der Waals surface area (Å²) in [6.07, 6.45) is 0. The summed E-state index contributed by atoms with van der Waals surface area (Å²) in [6.45, 7) is -0.356. The number of benzene rings is 2. The van der Waals surface area contributed by atoms with Gasteiger partial charge in [0.15, 0.2) is 0 Å². The molecule has 2 aromatic carbocycles. The van der Waals surface area contributed by atoms with Crippen LogP contribution in [0.1, 0.15) is 15.9 Å². The van der Waals surface area contributed by atoms with Gasteiger partial charge in [0.1, 0.15) is 11.6 Å². The van der Waals surface area contributed by atoms with Crippen molar-refractivity contribution >= 4 is 5.97 Å². The molecule has 0 heterocycles. The van der Waals surface area contributed by atoms with Crippen LogP contribution in [0.2, 0.25) is 0 Å². The molecule has 0 aliphatic carbocycles. The molecule has 0 amide bonds. The highest BCUT2D eigenvalue weighted by molar-refractivity contribution is 5.91. The largest absolute Gasteiger partial charge is 0.507 e. The van der Waals surface area contributed by atoms with E-state index in [-0.39, 0.29) is 17.9 Å². The molecule has 104 valence electrons. The predicted octanol–water partition coefficient (Wildman–Crippen LogP) is 2.48. The Labute approximate surface area is 115 Å². The van der Waals surface area contributed by atoms with Gasteiger partial charge in [0.05, 0.1) is 19.3 Å². The molecule has 0 radical (unpaired) electrons. The number of halogens is 1. The lowest BCUT2D eigenvalue weighted by molar-refractivity contribution is 0.0600. The van der Waals surface area contributed by atoms with E-state index in [4.69, 9.17) is 0 Å². The maximum Gasteiger partial charge on any atom is 0.337 e. The second-order valence-electron chi connectivity index (χ2n) is 4.18. The first-order valence-electron chi connectivity index (χ1n) is 5.87. The molecular formula is C15H13FO4. The lowest BCUT2D eigenvalue weighted by Gasteiger charge is -2.10. The average molecular weight is 276 g/mol. The summed E-state index contributed by atoms with van der Waals surface area (Å²) in [4.78, 5) is 11.4. The first-order valence-corrected chi connectivity index (χ1v) is 5.87. The Kier molecular flexibility index (Phi) is 4.00. The van der Waals surface area contributed by atoms with Gasteiger partial charge in [-0.1, -0.05) is 6.07 Å². The number of carbonyl (C=O) groups is 1. The summed E-state index contributed by atoms with van der Waals surface area (Å²) in [6, 6.07) is 8.18. The third-order valence-electron chi connectivity index (χ3n) is 2.95. The molecule has 2 N–H and O–H groups in total. The van der Waals surface area contributed by atoms with Crippen LogP contribution < -0.4 is 0 Å². The van der Waals surface area contributed by atoms with Crippen molar-refractivity contribution in [3.63, 3.8) is 0 Å². The van der Waals surface area contributed by atoms with E-state index < -0.39 is 11.8 Å². The number of methoxy groups -OCH3 is 1. The number of phenols is 1. The Morgan fingerprint density at radius 1 is 1.20 bits per heavy atom. The number of hydrogen-bond acceptors (Lipinski definition) is 4. The number of aromatic hydroxyl groups is 1. The van der Waals surface area contributed by atoms with Gasteiger partial charge < -0.3 is 14.9 Å². The van der Waals surface area contributed by atoms with Gasteiger partial charge in [-0.2, -0.15) is 0 Å². The smallest absolute Gasteiger partial charge is 0.337 e. The Morgan fingerprint density at radius 2 is 1.90 bits per heavy atom. The number of aliphatic hydroxyl groups is 1. The van der Waals surface area contributed by atoms with Crippen molar-refractivity contribution in [2.24, 2.45) is 0 Å². The average Bonchev–Trinajstić information content (AvgIpc) is 2.46. The molecule has 0 aliphatic rings. The topological polar surface area (TPSA) is 66.8 Å². The lowest BCUT2D eigenvalue weighted by Crippen LogP contribution is -2.01. The molecule has 2 rings (SSSR count). The van der Waals surface area contributed by atoms with Crippen LogP contribution in [0.4, 0.5) is 4.39 Å². The van der Waals surface area contributed by atoms with Crippen LogP contribution in [-0.2, 0) is 11.3 Å². The van der Waals surface area contributed by atoms with Crippen molar-refractivity contribution in [3.8, 4) is 16.9 Å². The summed E-state index contributed by atoms with van der Waals surface area (Å²) in [5, 5.41) is 19.2. The van der Waals surface area contributed by atoms with E-state index in [0.29, 0.717) is 16.7 Å². The minimum absolute atomic E-state index is 0.144. The zero-order valence-corrected chi connectivity index (χ0v) is 10.8. The second-order valence-corrected chi connectivity index (χ2v) is 4.18. The molecule has 0 saturated heterocycles. The first-order chi connectivity index (χ1) is 9.56. The van der Waals surface area contributed by atoms with Gasteiger partial charge in [-0.05, 0) is 41.5 Å². The van der Waals surface area contributed by atoms with Crippen LogP contribution in [0.25, 0.3) is 11.1 Å². The van der Waals surface area contributed by atoms with E-state index in [1.807, 2.05) is 0 Å². The fourth-order valence-corrected chi connectivity index (χ4v) is 1.96. The fourth-order valence-electron chi connectivity index (χ4n) is 1.96. The lowest BCUT2D eigenvalue weighted by atomic mass is 9.98. The van der Waals surface area contributed by atoms with Gasteiger partial charge >= 0.3 is 5.97 Å². The number of aliphatic hydroxyl groups excluding tert-OH is 1. The SMILES string of the molecule is COC(=O)c1ccc(-c2ccc(F)cc2CO)c(O)c1. The van der Waals surface area contributed by atoms with E-state index in [1.165, 1.54) is 43.5 Å². The highest BCUT2D eigenvalue weighted by Gasteiger charge is 2.13. The molecule has 0 spiro atoms. The third kappa shape index (κ3) is 2.62. The highest BCUT2D eigenvalue weighted by Crippen LogP contribution is 2.33. The first kappa shape index (κ1) is 14.0. The minimum atomic E-state index is -0.562. The molecule has 0 unspecified atom stereocenters. The van der Waals surface area contributed by atoms with Crippen LogP contribution in [0.3, 0.4) is 0 Å². The number of rotatable bonds is 3. The van der Waals surface area contributed by atoms with Crippen LogP contribution in [0.15, 0.2) is 36.4 Å². The molecule has 0 saturated carbocycles. The highest BCUT2D eigenvalue weighted by atomic mass is 19.1. The maximum absolute atomic E-state index is 13.1. The van der Waals surface area contributed by atoms with Crippen LogP contribution in [-0.4, -0.2) is 23.3 Å². The quantitative estimate of drug-likeness (QED) is 0.845. The molecule has 4 nitrogen and oxygen atoms in total. The Hall–Kier alpha value is -2.40. The molecule has 0 fully saturated rings. The van der Waals surface area contributed by atoms with E-state index in [0.717, 1.165) is 0 Å². The summed E-state index contributed by atoms with van der Waals surface area (Å²) in [7, 11) is 1.25. The molecular weight excluding hydrogens is 263 g/mol. The number of phenolic OH excluding ortho intramolecular Hbond substituents is 1. The Balaban J connectivity index is 2.51. The van der Waals surface area contributed by atoms with Gasteiger partial charge in [0.25, 0.3) is 0 Å². The van der Waals surface area contributed by atoms with E-state index >= 15 is 0 Å². The fraction of sp³-hybridized carbons (Fsp3) is 0.133. The van der Waals surface area contributed by atoms with Crippen LogP contribution in [0.5, 0.6) is 5.75 Å². The minimum Gasteiger partial charge on any atom is -0.507 e. The molecule has 0 aliphatic heterocycles. The van der Waals surface area contributed by atoms with Crippen molar-refractivity contribution in [1.82, 2.24) is 0 Å². The predicted molar refractivity (Wildman–Crippen MR) is 70.8 cm³/mol. The molecule has 0 bridgehead atoms. The van der Waals surface area contributed by atoms with Crippen molar-refractivity contribution < 1.29 is 24.1 Å². The molecule has 0 aromatic heterocycles. The maximum atomic E-state index is 13.1. The summed E-state index contributed by atoms with van der Waals surface area (Å²) in [5.74, 6) is -1.17. The molecule has 20 heavy (non-hydrogen) atoms. The van der Waals surface area contributed by atoms with Crippen LogP contribution >= 0.6 is 0 Å². The number of ether oxygens (including phenoxy) is 1. The summed E-state index contributed by atoms with van der Waals surface area (Å²) >= 11 is 0. The second kappa shape index (κ2) is 5.71. The summed E-state index contributed by atoms with van der Waals surface area (Å²) in [5.41, 5.74) is 1.47. The number of esters is 1. The van der Waals surface area contributed by atoms with Gasteiger partial charge in [0, 0.05) is 5.56 Å². The number of carbonyl (C=O) groups excluding carboxylic acids is 1. The van der Waals surface area contributed by atoms with Gasteiger partial charge in [-0.15, -0.1) is 0 Å². The zero-order chi connectivity index (χ0) is 14.7.